The third-order valence-electron chi connectivity index (χ3n) is 4.71. The molecule has 1 fully saturated rings. The van der Waals surface area contributed by atoms with Crippen LogP contribution in [0.4, 0.5) is 0 Å². The summed E-state index contributed by atoms with van der Waals surface area (Å²) in [6, 6.07) is 10.2. The Morgan fingerprint density at radius 3 is 2.33 bits per heavy atom. The highest BCUT2D eigenvalue weighted by Gasteiger charge is 2.37. The number of piperidine rings is 1. The lowest BCUT2D eigenvalue weighted by molar-refractivity contribution is -0.144. The molecule has 0 bridgehead atoms. The molecule has 1 N–H and O–H groups in total. The molecule has 116 valence electrons. The predicted molar refractivity (Wildman–Crippen MR) is 84.6 cm³/mol. The van der Waals surface area contributed by atoms with Crippen LogP contribution in [0.2, 0.25) is 0 Å². The largest absolute Gasteiger partial charge is 0.481 e. The number of aliphatic carboxylic acids is 1. The van der Waals surface area contributed by atoms with Gasteiger partial charge in [0, 0.05) is 12.6 Å². The predicted octanol–water partition coefficient (Wildman–Crippen LogP) is 2.05. The van der Waals surface area contributed by atoms with Crippen molar-refractivity contribution in [2.24, 2.45) is 0 Å². The summed E-state index contributed by atoms with van der Waals surface area (Å²) in [6.07, 6.45) is 2.22. The minimum Gasteiger partial charge on any atom is -0.481 e. The smallest absolute Gasteiger partial charge is 0.315 e. The van der Waals surface area contributed by atoms with Crippen LogP contribution in [0, 0.1) is 0 Å². The van der Waals surface area contributed by atoms with Crippen molar-refractivity contribution in [1.29, 1.82) is 0 Å². The molecule has 0 spiro atoms. The molecule has 1 heterocycles. The van der Waals surface area contributed by atoms with Crippen LogP contribution in [0.15, 0.2) is 30.3 Å². The molecule has 1 unspecified atom stereocenters. The standard InChI is InChI=1S/C17H26N2O2/c1-17(16(20)21,14-7-5-4-6-8-14)13-19-11-9-15(10-12-19)18(2)3/h4-8,15H,9-13H2,1-3H3,(H,20,21). The van der Waals surface area contributed by atoms with Gasteiger partial charge in [0.15, 0.2) is 0 Å². The fourth-order valence-corrected chi connectivity index (χ4v) is 3.13. The third kappa shape index (κ3) is 3.63. The van der Waals surface area contributed by atoms with Crippen LogP contribution in [0.5, 0.6) is 0 Å². The first kappa shape index (κ1) is 16.0. The molecule has 0 saturated carbocycles. The van der Waals surface area contributed by atoms with Crippen molar-refractivity contribution in [3.05, 3.63) is 35.9 Å². The lowest BCUT2D eigenvalue weighted by Gasteiger charge is -2.39. The van der Waals surface area contributed by atoms with Crippen molar-refractivity contribution < 1.29 is 9.90 Å². The Kier molecular flexibility index (Phi) is 5.01. The number of hydrogen-bond acceptors (Lipinski definition) is 3. The maximum absolute atomic E-state index is 11.8. The zero-order chi connectivity index (χ0) is 15.5. The Balaban J connectivity index is 2.07. The maximum Gasteiger partial charge on any atom is 0.315 e. The minimum absolute atomic E-state index is 0.576. The lowest BCUT2D eigenvalue weighted by atomic mass is 9.81. The van der Waals surface area contributed by atoms with E-state index in [2.05, 4.69) is 23.9 Å². The highest BCUT2D eigenvalue weighted by molar-refractivity contribution is 5.81. The highest BCUT2D eigenvalue weighted by Crippen LogP contribution is 2.27. The van der Waals surface area contributed by atoms with Crippen LogP contribution >= 0.6 is 0 Å². The molecular formula is C17H26N2O2. The van der Waals surface area contributed by atoms with Crippen molar-refractivity contribution in [2.45, 2.75) is 31.2 Å². The summed E-state index contributed by atoms with van der Waals surface area (Å²) in [5.41, 5.74) is 0.0406. The molecule has 2 rings (SSSR count). The van der Waals surface area contributed by atoms with Crippen LogP contribution in [0.3, 0.4) is 0 Å². The fraction of sp³-hybridized carbons (Fsp3) is 0.588. The molecule has 1 saturated heterocycles. The van der Waals surface area contributed by atoms with E-state index in [-0.39, 0.29) is 0 Å². The number of carboxylic acid groups (broad SMARTS) is 1. The van der Waals surface area contributed by atoms with Gasteiger partial charge in [0.2, 0.25) is 0 Å². The van der Waals surface area contributed by atoms with Crippen molar-refractivity contribution in [3.8, 4) is 0 Å². The van der Waals surface area contributed by atoms with Gasteiger partial charge in [-0.2, -0.15) is 0 Å². The maximum atomic E-state index is 11.8. The van der Waals surface area contributed by atoms with Crippen molar-refractivity contribution in [3.63, 3.8) is 0 Å². The SMILES string of the molecule is CN(C)C1CCN(CC(C)(C(=O)O)c2ccccc2)CC1. The van der Waals surface area contributed by atoms with Crippen molar-refractivity contribution >= 4 is 5.97 Å². The van der Waals surface area contributed by atoms with Gasteiger partial charge in [-0.3, -0.25) is 4.79 Å². The molecule has 1 aliphatic rings. The lowest BCUT2D eigenvalue weighted by Crippen LogP contribution is -2.49. The summed E-state index contributed by atoms with van der Waals surface area (Å²) in [5.74, 6) is -0.747. The highest BCUT2D eigenvalue weighted by atomic mass is 16.4. The first-order chi connectivity index (χ1) is 9.93. The number of hydrogen-bond donors (Lipinski definition) is 1. The Morgan fingerprint density at radius 2 is 1.86 bits per heavy atom. The average molecular weight is 290 g/mol. The van der Waals surface area contributed by atoms with E-state index in [0.29, 0.717) is 12.6 Å². The third-order valence-corrected chi connectivity index (χ3v) is 4.71. The summed E-state index contributed by atoms with van der Waals surface area (Å²) in [7, 11) is 4.23. The fourth-order valence-electron chi connectivity index (χ4n) is 3.13. The Morgan fingerprint density at radius 1 is 1.29 bits per heavy atom. The van der Waals surface area contributed by atoms with Crippen molar-refractivity contribution in [1.82, 2.24) is 9.80 Å². The van der Waals surface area contributed by atoms with Crippen molar-refractivity contribution in [2.75, 3.05) is 33.7 Å². The second-order valence-corrected chi connectivity index (χ2v) is 6.47. The van der Waals surface area contributed by atoms with E-state index in [1.165, 1.54) is 0 Å². The molecule has 4 nitrogen and oxygen atoms in total. The van der Waals surface area contributed by atoms with Gasteiger partial charge < -0.3 is 14.9 Å². The molecule has 1 aromatic carbocycles. The Bertz CT molecular complexity index is 467. The van der Waals surface area contributed by atoms with Gasteiger partial charge in [0.25, 0.3) is 0 Å². The molecule has 1 aromatic rings. The normalized spacial score (nSPS) is 20.4. The van der Waals surface area contributed by atoms with E-state index >= 15 is 0 Å². The topological polar surface area (TPSA) is 43.8 Å². The van der Waals surface area contributed by atoms with Crippen LogP contribution in [-0.4, -0.2) is 60.6 Å². The summed E-state index contributed by atoms with van der Waals surface area (Å²) in [5, 5.41) is 9.72. The summed E-state index contributed by atoms with van der Waals surface area (Å²) < 4.78 is 0. The van der Waals surface area contributed by atoms with Gasteiger partial charge in [-0.1, -0.05) is 30.3 Å². The first-order valence-electron chi connectivity index (χ1n) is 7.61. The van der Waals surface area contributed by atoms with E-state index in [1.807, 2.05) is 37.3 Å². The molecule has 0 amide bonds. The van der Waals surface area contributed by atoms with Gasteiger partial charge in [-0.15, -0.1) is 0 Å². The van der Waals surface area contributed by atoms with Gasteiger partial charge in [-0.05, 0) is 52.5 Å². The quantitative estimate of drug-likeness (QED) is 0.901. The zero-order valence-electron chi connectivity index (χ0n) is 13.2. The van der Waals surface area contributed by atoms with Gasteiger partial charge in [0.1, 0.15) is 5.41 Å². The molecule has 0 aromatic heterocycles. The molecule has 0 aliphatic carbocycles. The van der Waals surface area contributed by atoms with Crippen LogP contribution < -0.4 is 0 Å². The zero-order valence-corrected chi connectivity index (χ0v) is 13.2. The number of benzene rings is 1. The van der Waals surface area contributed by atoms with E-state index in [4.69, 9.17) is 0 Å². The van der Waals surface area contributed by atoms with Gasteiger partial charge in [-0.25, -0.2) is 0 Å². The second kappa shape index (κ2) is 6.58. The second-order valence-electron chi connectivity index (χ2n) is 6.47. The van der Waals surface area contributed by atoms with Crippen LogP contribution in [-0.2, 0) is 10.2 Å². The molecule has 1 aliphatic heterocycles. The monoisotopic (exact) mass is 290 g/mol. The number of nitrogens with zero attached hydrogens (tertiary/aromatic N) is 2. The number of carboxylic acids is 1. The molecule has 1 atom stereocenters. The molecular weight excluding hydrogens is 264 g/mol. The van der Waals surface area contributed by atoms with E-state index in [0.717, 1.165) is 31.5 Å². The first-order valence-corrected chi connectivity index (χ1v) is 7.61. The van der Waals surface area contributed by atoms with Crippen LogP contribution in [0.1, 0.15) is 25.3 Å². The molecule has 0 radical (unpaired) electrons. The minimum atomic E-state index is -0.841. The number of carbonyl (C=O) groups is 1. The van der Waals surface area contributed by atoms with Gasteiger partial charge >= 0.3 is 5.97 Å². The summed E-state index contributed by atoms with van der Waals surface area (Å²) in [6.45, 7) is 4.35. The average Bonchev–Trinajstić information content (AvgIpc) is 2.48. The molecule has 21 heavy (non-hydrogen) atoms. The van der Waals surface area contributed by atoms with Crippen LogP contribution in [0.25, 0.3) is 0 Å². The Hall–Kier alpha value is -1.39. The molecule has 4 heteroatoms. The van der Waals surface area contributed by atoms with E-state index in [1.54, 1.807) is 0 Å². The van der Waals surface area contributed by atoms with E-state index < -0.39 is 11.4 Å². The number of rotatable bonds is 5. The summed E-state index contributed by atoms with van der Waals surface area (Å²) in [4.78, 5) is 16.4. The van der Waals surface area contributed by atoms with E-state index in [9.17, 15) is 9.90 Å². The number of likely N-dealkylation sites (tertiary alicyclic amines) is 1. The van der Waals surface area contributed by atoms with Gasteiger partial charge in [0.05, 0.1) is 0 Å². The summed E-state index contributed by atoms with van der Waals surface area (Å²) >= 11 is 0. The Labute approximate surface area is 127 Å².